The fraction of sp³-hybridized carbons (Fsp3) is 0.364. The second-order valence-corrected chi connectivity index (χ2v) is 8.51. The number of nitro groups is 1. The molecule has 1 heterocycles. The topological polar surface area (TPSA) is 95.8 Å². The maximum absolute atomic E-state index is 12.7. The van der Waals surface area contributed by atoms with E-state index in [4.69, 9.17) is 23.2 Å². The van der Waals surface area contributed by atoms with E-state index in [1.54, 1.807) is 35.2 Å². The lowest BCUT2D eigenvalue weighted by Gasteiger charge is -2.35. The maximum atomic E-state index is 12.7. The molecule has 1 aliphatic rings. The van der Waals surface area contributed by atoms with Crippen LogP contribution in [0.3, 0.4) is 0 Å². The molecule has 0 spiro atoms. The first-order chi connectivity index (χ1) is 15.2. The predicted octanol–water partition coefficient (Wildman–Crippen LogP) is 4.10. The van der Waals surface area contributed by atoms with Crippen LogP contribution in [0.2, 0.25) is 10.0 Å². The lowest BCUT2D eigenvalue weighted by atomic mass is 10.0. The van der Waals surface area contributed by atoms with Crippen LogP contribution in [-0.4, -0.2) is 54.4 Å². The van der Waals surface area contributed by atoms with Gasteiger partial charge < -0.3 is 15.1 Å². The van der Waals surface area contributed by atoms with Gasteiger partial charge in [-0.25, -0.2) is 0 Å². The van der Waals surface area contributed by atoms with Gasteiger partial charge in [0.15, 0.2) is 0 Å². The number of hydrogen-bond acceptors (Lipinski definition) is 5. The van der Waals surface area contributed by atoms with Gasteiger partial charge in [0, 0.05) is 67.2 Å². The molecule has 1 atom stereocenters. The van der Waals surface area contributed by atoms with Gasteiger partial charge in [0.2, 0.25) is 5.91 Å². The highest BCUT2D eigenvalue weighted by atomic mass is 35.5. The molecular weight excluding hydrogens is 455 g/mol. The third-order valence-corrected chi connectivity index (χ3v) is 6.22. The van der Waals surface area contributed by atoms with Crippen LogP contribution in [0.1, 0.15) is 35.7 Å². The molecule has 0 saturated carbocycles. The van der Waals surface area contributed by atoms with E-state index >= 15 is 0 Å². The van der Waals surface area contributed by atoms with Crippen LogP contribution in [0.15, 0.2) is 36.4 Å². The van der Waals surface area contributed by atoms with E-state index in [0.717, 1.165) is 5.56 Å². The van der Waals surface area contributed by atoms with Crippen LogP contribution >= 0.6 is 23.2 Å². The van der Waals surface area contributed by atoms with Crippen LogP contribution in [0.5, 0.6) is 0 Å². The number of hydrogen-bond donors (Lipinski definition) is 1. The molecule has 0 aliphatic carbocycles. The number of nitrogens with zero attached hydrogens (tertiary/aromatic N) is 3. The SMILES string of the molecule is CC(=O)N1CCN(c2ccc(C(=O)NCC(C)c3c(Cl)cccc3Cl)cc2[N+](=O)[O-])CC1. The number of carbonyl (C=O) groups is 2. The van der Waals surface area contributed by atoms with Crippen LogP contribution in [0.25, 0.3) is 0 Å². The lowest BCUT2D eigenvalue weighted by molar-refractivity contribution is -0.384. The van der Waals surface area contributed by atoms with E-state index in [1.165, 1.54) is 13.0 Å². The summed E-state index contributed by atoms with van der Waals surface area (Å²) in [6.45, 7) is 5.63. The van der Waals surface area contributed by atoms with E-state index in [0.29, 0.717) is 41.9 Å². The molecule has 170 valence electrons. The molecule has 1 aliphatic heterocycles. The van der Waals surface area contributed by atoms with Crippen molar-refractivity contribution in [1.29, 1.82) is 0 Å². The molecule has 0 aromatic heterocycles. The van der Waals surface area contributed by atoms with Crippen molar-refractivity contribution in [3.8, 4) is 0 Å². The average Bonchev–Trinajstić information content (AvgIpc) is 2.77. The van der Waals surface area contributed by atoms with Gasteiger partial charge in [-0.05, 0) is 29.8 Å². The molecule has 32 heavy (non-hydrogen) atoms. The predicted molar refractivity (Wildman–Crippen MR) is 125 cm³/mol. The molecule has 2 aromatic carbocycles. The van der Waals surface area contributed by atoms with Gasteiger partial charge >= 0.3 is 0 Å². The van der Waals surface area contributed by atoms with E-state index in [1.807, 2.05) is 11.8 Å². The number of nitro benzene ring substituents is 1. The maximum Gasteiger partial charge on any atom is 0.293 e. The number of amides is 2. The van der Waals surface area contributed by atoms with Crippen molar-refractivity contribution in [2.45, 2.75) is 19.8 Å². The quantitative estimate of drug-likeness (QED) is 0.497. The smallest absolute Gasteiger partial charge is 0.293 e. The van der Waals surface area contributed by atoms with E-state index in [-0.39, 0.29) is 29.6 Å². The number of carbonyl (C=O) groups excluding carboxylic acids is 2. The van der Waals surface area contributed by atoms with Gasteiger partial charge in [-0.1, -0.05) is 36.2 Å². The Morgan fingerprint density at radius 1 is 1.12 bits per heavy atom. The highest BCUT2D eigenvalue weighted by Gasteiger charge is 2.26. The van der Waals surface area contributed by atoms with Crippen molar-refractivity contribution in [3.63, 3.8) is 0 Å². The summed E-state index contributed by atoms with van der Waals surface area (Å²) in [5, 5.41) is 15.5. The summed E-state index contributed by atoms with van der Waals surface area (Å²) in [7, 11) is 0. The molecule has 1 N–H and O–H groups in total. The highest BCUT2D eigenvalue weighted by Crippen LogP contribution is 2.32. The number of anilines is 1. The second kappa shape index (κ2) is 10.2. The summed E-state index contributed by atoms with van der Waals surface area (Å²) in [6.07, 6.45) is 0. The second-order valence-electron chi connectivity index (χ2n) is 7.70. The zero-order valence-electron chi connectivity index (χ0n) is 17.8. The first-order valence-corrected chi connectivity index (χ1v) is 11.0. The standard InChI is InChI=1S/C22H24Cl2N4O4/c1-14(21-17(23)4-3-5-18(21)24)13-25-22(30)16-6-7-19(20(12-16)28(31)32)27-10-8-26(9-11-27)15(2)29/h3-7,12,14H,8-11,13H2,1-2H3,(H,25,30). The van der Waals surface area contributed by atoms with E-state index < -0.39 is 10.8 Å². The molecule has 1 saturated heterocycles. The van der Waals surface area contributed by atoms with Crippen LogP contribution in [0.4, 0.5) is 11.4 Å². The van der Waals surface area contributed by atoms with Gasteiger partial charge in [-0.3, -0.25) is 19.7 Å². The Hall–Kier alpha value is -2.84. The van der Waals surface area contributed by atoms with Gasteiger partial charge in [0.05, 0.1) is 4.92 Å². The van der Waals surface area contributed by atoms with Gasteiger partial charge in [-0.2, -0.15) is 0 Å². The number of benzene rings is 2. The van der Waals surface area contributed by atoms with E-state index in [2.05, 4.69) is 5.32 Å². The fourth-order valence-corrected chi connectivity index (χ4v) is 4.54. The third-order valence-electron chi connectivity index (χ3n) is 5.56. The molecular formula is C22H24Cl2N4O4. The minimum Gasteiger partial charge on any atom is -0.362 e. The molecule has 0 bridgehead atoms. The first-order valence-electron chi connectivity index (χ1n) is 10.2. The lowest BCUT2D eigenvalue weighted by Crippen LogP contribution is -2.48. The first kappa shape index (κ1) is 23.8. The zero-order valence-corrected chi connectivity index (χ0v) is 19.3. The molecule has 2 amide bonds. The van der Waals surface area contributed by atoms with Gasteiger partial charge in [-0.15, -0.1) is 0 Å². The largest absolute Gasteiger partial charge is 0.362 e. The third kappa shape index (κ3) is 5.31. The summed E-state index contributed by atoms with van der Waals surface area (Å²) in [5.41, 5.74) is 1.23. The highest BCUT2D eigenvalue weighted by molar-refractivity contribution is 6.36. The van der Waals surface area contributed by atoms with Crippen LogP contribution in [0, 0.1) is 10.1 Å². The Kier molecular flexibility index (Phi) is 7.58. The van der Waals surface area contributed by atoms with Crippen molar-refractivity contribution < 1.29 is 14.5 Å². The average molecular weight is 479 g/mol. The Balaban J connectivity index is 1.72. The van der Waals surface area contributed by atoms with Crippen LogP contribution in [-0.2, 0) is 4.79 Å². The van der Waals surface area contributed by atoms with Crippen molar-refractivity contribution >= 4 is 46.4 Å². The number of halogens is 2. The molecule has 1 fully saturated rings. The van der Waals surface area contributed by atoms with Crippen molar-refractivity contribution in [3.05, 3.63) is 67.7 Å². The Morgan fingerprint density at radius 2 is 1.75 bits per heavy atom. The molecule has 2 aromatic rings. The Morgan fingerprint density at radius 3 is 2.31 bits per heavy atom. The summed E-state index contributed by atoms with van der Waals surface area (Å²) in [4.78, 5) is 39.0. The normalized spacial score (nSPS) is 14.8. The molecule has 0 radical (unpaired) electrons. The minimum atomic E-state index is -0.490. The van der Waals surface area contributed by atoms with Crippen LogP contribution < -0.4 is 10.2 Å². The summed E-state index contributed by atoms with van der Waals surface area (Å²) < 4.78 is 0. The summed E-state index contributed by atoms with van der Waals surface area (Å²) >= 11 is 12.5. The molecule has 1 unspecified atom stereocenters. The van der Waals surface area contributed by atoms with Gasteiger partial charge in [0.25, 0.3) is 11.6 Å². The molecule has 3 rings (SSSR count). The number of nitrogens with one attached hydrogen (secondary N) is 1. The summed E-state index contributed by atoms with van der Waals surface area (Å²) in [5.74, 6) is -0.582. The zero-order chi connectivity index (χ0) is 23.4. The van der Waals surface area contributed by atoms with E-state index in [9.17, 15) is 19.7 Å². The number of piperazine rings is 1. The Labute approximate surface area is 196 Å². The molecule has 8 nitrogen and oxygen atoms in total. The Bertz CT molecular complexity index is 1020. The van der Waals surface area contributed by atoms with Crippen molar-refractivity contribution in [1.82, 2.24) is 10.2 Å². The van der Waals surface area contributed by atoms with Gasteiger partial charge in [0.1, 0.15) is 5.69 Å². The van der Waals surface area contributed by atoms with Crippen molar-refractivity contribution in [2.75, 3.05) is 37.6 Å². The fourth-order valence-electron chi connectivity index (χ4n) is 3.77. The number of rotatable bonds is 6. The monoisotopic (exact) mass is 478 g/mol. The van der Waals surface area contributed by atoms with Crippen molar-refractivity contribution in [2.24, 2.45) is 0 Å². The summed E-state index contributed by atoms with van der Waals surface area (Å²) in [6, 6.07) is 9.67. The minimum absolute atomic E-state index is 0.0153. The molecule has 10 heteroatoms.